The molecule has 0 bridgehead atoms. The summed E-state index contributed by atoms with van der Waals surface area (Å²) in [5.41, 5.74) is 4.22. The topological polar surface area (TPSA) is 60.9 Å². The van der Waals surface area contributed by atoms with Gasteiger partial charge in [0, 0.05) is 22.7 Å². The first-order chi connectivity index (χ1) is 14.1. The van der Waals surface area contributed by atoms with Crippen LogP contribution >= 0.6 is 22.9 Å². The summed E-state index contributed by atoms with van der Waals surface area (Å²) in [5, 5.41) is 0.605. The summed E-state index contributed by atoms with van der Waals surface area (Å²) in [5.74, 6) is 1.89. The van der Waals surface area contributed by atoms with E-state index in [9.17, 15) is 4.79 Å². The van der Waals surface area contributed by atoms with Gasteiger partial charge in [0.25, 0.3) is 5.91 Å². The zero-order chi connectivity index (χ0) is 20.4. The Morgan fingerprint density at radius 1 is 1.21 bits per heavy atom. The van der Waals surface area contributed by atoms with Gasteiger partial charge >= 0.3 is 0 Å². The summed E-state index contributed by atoms with van der Waals surface area (Å²) in [6.45, 7) is 1.26. The number of thiazole rings is 1. The Labute approximate surface area is 177 Å². The number of hydrogen-bond acceptors (Lipinski definition) is 6. The molecule has 0 unspecified atom stereocenters. The maximum absolute atomic E-state index is 12.8. The van der Waals surface area contributed by atoms with E-state index in [1.807, 2.05) is 24.3 Å². The Kier molecular flexibility index (Phi) is 5.60. The average molecular weight is 431 g/mol. The van der Waals surface area contributed by atoms with Crippen LogP contribution in [0.5, 0.6) is 17.2 Å². The molecule has 0 N–H and O–H groups in total. The Morgan fingerprint density at radius 2 is 2.03 bits per heavy atom. The molecule has 2 heterocycles. The van der Waals surface area contributed by atoms with E-state index in [-0.39, 0.29) is 5.91 Å². The van der Waals surface area contributed by atoms with Crippen molar-refractivity contribution in [3.05, 3.63) is 57.5 Å². The van der Waals surface area contributed by atoms with E-state index in [1.165, 1.54) is 11.3 Å². The van der Waals surface area contributed by atoms with E-state index < -0.39 is 0 Å². The van der Waals surface area contributed by atoms with Crippen LogP contribution in [-0.2, 0) is 6.54 Å². The van der Waals surface area contributed by atoms with Gasteiger partial charge in [-0.1, -0.05) is 11.6 Å². The fourth-order valence-electron chi connectivity index (χ4n) is 3.35. The van der Waals surface area contributed by atoms with E-state index in [0.29, 0.717) is 46.8 Å². The molecule has 150 valence electrons. The van der Waals surface area contributed by atoms with E-state index in [1.54, 1.807) is 36.9 Å². The van der Waals surface area contributed by atoms with Crippen LogP contribution < -0.4 is 14.2 Å². The number of aromatic nitrogens is 1. The molecule has 2 aromatic carbocycles. The number of fused-ring (bicyclic) bond motifs is 1. The van der Waals surface area contributed by atoms with Crippen LogP contribution in [-0.4, -0.2) is 43.2 Å². The van der Waals surface area contributed by atoms with Crippen molar-refractivity contribution in [2.24, 2.45) is 0 Å². The molecule has 0 aliphatic carbocycles. The van der Waals surface area contributed by atoms with Crippen LogP contribution in [0.3, 0.4) is 0 Å². The molecule has 1 aliphatic rings. The second-order valence-electron chi connectivity index (χ2n) is 6.45. The minimum Gasteiger partial charge on any atom is -0.496 e. The number of nitrogens with zero attached hydrogens (tertiary/aromatic N) is 2. The van der Waals surface area contributed by atoms with Crippen LogP contribution in [0.4, 0.5) is 0 Å². The monoisotopic (exact) mass is 430 g/mol. The van der Waals surface area contributed by atoms with Gasteiger partial charge in [-0.3, -0.25) is 9.78 Å². The van der Waals surface area contributed by atoms with Crippen molar-refractivity contribution in [2.45, 2.75) is 6.54 Å². The number of benzene rings is 2. The number of rotatable bonds is 4. The van der Waals surface area contributed by atoms with Crippen molar-refractivity contribution in [2.75, 3.05) is 27.4 Å². The van der Waals surface area contributed by atoms with Crippen molar-refractivity contribution in [3.8, 4) is 28.4 Å². The summed E-state index contributed by atoms with van der Waals surface area (Å²) in [4.78, 5) is 19.2. The summed E-state index contributed by atoms with van der Waals surface area (Å²) in [7, 11) is 3.22. The van der Waals surface area contributed by atoms with Crippen molar-refractivity contribution < 1.29 is 19.0 Å². The number of ether oxygens (including phenoxy) is 3. The molecular weight excluding hydrogens is 412 g/mol. The summed E-state index contributed by atoms with van der Waals surface area (Å²) in [6, 6.07) is 9.34. The third kappa shape index (κ3) is 3.88. The quantitative estimate of drug-likeness (QED) is 0.609. The highest BCUT2D eigenvalue weighted by Gasteiger charge is 2.25. The van der Waals surface area contributed by atoms with Gasteiger partial charge < -0.3 is 19.1 Å². The number of amides is 1. The summed E-state index contributed by atoms with van der Waals surface area (Å²) in [6.07, 6.45) is 1.59. The third-order valence-corrected chi connectivity index (χ3v) is 5.72. The molecule has 3 aromatic rings. The smallest absolute Gasteiger partial charge is 0.265 e. The van der Waals surface area contributed by atoms with Crippen LogP contribution in [0.2, 0.25) is 5.02 Å². The van der Waals surface area contributed by atoms with E-state index in [2.05, 4.69) is 4.98 Å². The molecule has 0 saturated carbocycles. The van der Waals surface area contributed by atoms with Gasteiger partial charge in [-0.25, -0.2) is 0 Å². The fourth-order valence-corrected chi connectivity index (χ4v) is 4.11. The highest BCUT2D eigenvalue weighted by atomic mass is 35.5. The van der Waals surface area contributed by atoms with Gasteiger partial charge in [-0.15, -0.1) is 11.3 Å². The molecule has 1 aromatic heterocycles. The maximum Gasteiger partial charge on any atom is 0.265 e. The van der Waals surface area contributed by atoms with Crippen molar-refractivity contribution in [1.29, 1.82) is 0 Å². The molecular formula is C21H19ClN2O4S. The number of hydrogen-bond donors (Lipinski definition) is 0. The van der Waals surface area contributed by atoms with Gasteiger partial charge in [0.05, 0.1) is 32.5 Å². The molecule has 0 atom stereocenters. The van der Waals surface area contributed by atoms with Crippen LogP contribution in [0.15, 0.2) is 42.0 Å². The summed E-state index contributed by atoms with van der Waals surface area (Å²) < 4.78 is 17.0. The lowest BCUT2D eigenvalue weighted by atomic mass is 10.0. The Morgan fingerprint density at radius 3 is 2.76 bits per heavy atom. The van der Waals surface area contributed by atoms with E-state index in [0.717, 1.165) is 16.7 Å². The molecule has 29 heavy (non-hydrogen) atoms. The molecule has 0 radical (unpaired) electrons. The zero-order valence-corrected chi connectivity index (χ0v) is 17.5. The van der Waals surface area contributed by atoms with Gasteiger partial charge in [0.1, 0.15) is 17.2 Å². The Balaban J connectivity index is 1.77. The standard InChI is InChI=1S/C21H19ClN2O4S/c1-26-17-4-3-15(22)9-16(17)13-7-14-11-24(21(25)19-10-23-12-29-19)5-6-28-20(14)18(8-13)27-2/h3-4,7-10,12H,5-6,11H2,1-2H3. The molecule has 0 saturated heterocycles. The SMILES string of the molecule is COc1ccc(Cl)cc1-c1cc2c(c(OC)c1)OCCN(C(=O)c1cncs1)C2. The first kappa shape index (κ1) is 19.5. The lowest BCUT2D eigenvalue weighted by Gasteiger charge is -2.19. The lowest BCUT2D eigenvalue weighted by Crippen LogP contribution is -2.31. The van der Waals surface area contributed by atoms with Gasteiger partial charge in [-0.05, 0) is 35.9 Å². The first-order valence-corrected chi connectivity index (χ1v) is 10.2. The molecule has 8 heteroatoms. The first-order valence-electron chi connectivity index (χ1n) is 8.96. The largest absolute Gasteiger partial charge is 0.496 e. The van der Waals surface area contributed by atoms with Crippen molar-refractivity contribution in [1.82, 2.24) is 9.88 Å². The number of carbonyl (C=O) groups is 1. The highest BCUT2D eigenvalue weighted by molar-refractivity contribution is 7.11. The van der Waals surface area contributed by atoms with Crippen molar-refractivity contribution >= 4 is 28.8 Å². The molecule has 6 nitrogen and oxygen atoms in total. The minimum absolute atomic E-state index is 0.0614. The Hall–Kier alpha value is -2.77. The van der Waals surface area contributed by atoms with Crippen molar-refractivity contribution in [3.63, 3.8) is 0 Å². The zero-order valence-electron chi connectivity index (χ0n) is 16.0. The van der Waals surface area contributed by atoms with Crippen LogP contribution in [0, 0.1) is 0 Å². The normalized spacial score (nSPS) is 13.3. The maximum atomic E-state index is 12.8. The van der Waals surface area contributed by atoms with Crippen LogP contribution in [0.25, 0.3) is 11.1 Å². The molecule has 0 spiro atoms. The third-order valence-electron chi connectivity index (χ3n) is 4.72. The number of halogens is 1. The second-order valence-corrected chi connectivity index (χ2v) is 7.77. The van der Waals surface area contributed by atoms with Crippen LogP contribution in [0.1, 0.15) is 15.2 Å². The fraction of sp³-hybridized carbons (Fsp3) is 0.238. The predicted octanol–water partition coefficient (Wildman–Crippen LogP) is 4.52. The number of methoxy groups -OCH3 is 2. The predicted molar refractivity (Wildman–Crippen MR) is 112 cm³/mol. The van der Waals surface area contributed by atoms with Gasteiger partial charge in [-0.2, -0.15) is 0 Å². The summed E-state index contributed by atoms with van der Waals surface area (Å²) >= 11 is 7.55. The molecule has 0 fully saturated rings. The molecule has 4 rings (SSSR count). The molecule has 1 amide bonds. The lowest BCUT2D eigenvalue weighted by molar-refractivity contribution is 0.0737. The van der Waals surface area contributed by atoms with Gasteiger partial charge in [0.2, 0.25) is 0 Å². The highest BCUT2D eigenvalue weighted by Crippen LogP contribution is 2.41. The minimum atomic E-state index is -0.0614. The van der Waals surface area contributed by atoms with E-state index in [4.69, 9.17) is 25.8 Å². The Bertz CT molecular complexity index is 1040. The molecule has 1 aliphatic heterocycles. The number of carbonyl (C=O) groups excluding carboxylic acids is 1. The second kappa shape index (κ2) is 8.31. The average Bonchev–Trinajstić information content (AvgIpc) is 3.19. The van der Waals surface area contributed by atoms with E-state index >= 15 is 0 Å². The van der Waals surface area contributed by atoms with Gasteiger partial charge in [0.15, 0.2) is 11.5 Å².